The summed E-state index contributed by atoms with van der Waals surface area (Å²) in [6, 6.07) is 2.59. The third-order valence-electron chi connectivity index (χ3n) is 4.93. The molecule has 0 N–H and O–H groups in total. The standard InChI is InChI=1S/C22H29NO5/c1-22(2,3)28-21(25)23-8-6-14(7-9-23)10-16-11-15-12-18(26-4)19(27-5)13-17(15)20(16)24/h10,12-14H,6-9,11H2,1-5H3/i4D3,5D3. The number of rotatable bonds is 3. The number of carbonyl (C=O) groups excluding carboxylic acids is 2. The zero-order chi connectivity index (χ0) is 25.5. The molecule has 1 aromatic rings. The van der Waals surface area contributed by atoms with Crippen LogP contribution >= 0.6 is 0 Å². The molecule has 1 saturated heterocycles. The van der Waals surface area contributed by atoms with Crippen molar-refractivity contribution in [2.75, 3.05) is 27.2 Å². The van der Waals surface area contributed by atoms with Gasteiger partial charge in [-0.25, -0.2) is 4.79 Å². The summed E-state index contributed by atoms with van der Waals surface area (Å²) in [6.45, 7) is 6.47. The van der Waals surface area contributed by atoms with Crippen molar-refractivity contribution in [1.29, 1.82) is 0 Å². The number of methoxy groups -OCH3 is 2. The first kappa shape index (κ1) is 13.6. The lowest BCUT2D eigenvalue weighted by Gasteiger charge is -2.32. The van der Waals surface area contributed by atoms with Crippen molar-refractivity contribution in [3.05, 3.63) is 34.9 Å². The molecule has 1 fully saturated rings. The number of piperidine rings is 1. The minimum atomic E-state index is -2.84. The molecule has 0 unspecified atom stereocenters. The van der Waals surface area contributed by atoms with Gasteiger partial charge in [-0.3, -0.25) is 4.79 Å². The molecule has 1 heterocycles. The molecule has 1 aliphatic heterocycles. The second-order valence-corrected chi connectivity index (χ2v) is 8.16. The highest BCUT2D eigenvalue weighted by Crippen LogP contribution is 2.37. The van der Waals surface area contributed by atoms with Gasteiger partial charge in [0.05, 0.1) is 22.3 Å². The molecule has 6 heteroatoms. The fourth-order valence-electron chi connectivity index (χ4n) is 3.57. The Morgan fingerprint density at radius 3 is 2.43 bits per heavy atom. The summed E-state index contributed by atoms with van der Waals surface area (Å²) in [7, 11) is -5.66. The monoisotopic (exact) mass is 393 g/mol. The van der Waals surface area contributed by atoms with E-state index in [1.54, 1.807) is 4.90 Å². The Morgan fingerprint density at radius 1 is 1.18 bits per heavy atom. The number of likely N-dealkylation sites (tertiary alicyclic amines) is 1. The van der Waals surface area contributed by atoms with Crippen LogP contribution in [0.4, 0.5) is 4.79 Å². The normalized spacial score (nSPS) is 23.0. The summed E-state index contributed by atoms with van der Waals surface area (Å²) in [5.41, 5.74) is 0.771. The van der Waals surface area contributed by atoms with Crippen LogP contribution in [-0.2, 0) is 11.2 Å². The first-order valence-corrected chi connectivity index (χ1v) is 9.29. The van der Waals surface area contributed by atoms with Gasteiger partial charge < -0.3 is 19.1 Å². The van der Waals surface area contributed by atoms with Crippen molar-refractivity contribution in [2.24, 2.45) is 5.92 Å². The summed E-state index contributed by atoms with van der Waals surface area (Å²) in [4.78, 5) is 26.9. The van der Waals surface area contributed by atoms with Gasteiger partial charge in [-0.05, 0) is 57.2 Å². The lowest BCUT2D eigenvalue weighted by Crippen LogP contribution is -2.41. The quantitative estimate of drug-likeness (QED) is 0.726. The third kappa shape index (κ3) is 4.32. The van der Waals surface area contributed by atoms with Gasteiger partial charge in [-0.15, -0.1) is 0 Å². The van der Waals surface area contributed by atoms with Crippen molar-refractivity contribution in [3.63, 3.8) is 0 Å². The lowest BCUT2D eigenvalue weighted by atomic mass is 9.93. The van der Waals surface area contributed by atoms with Crippen LogP contribution < -0.4 is 9.47 Å². The molecular weight excluding hydrogens is 358 g/mol. The van der Waals surface area contributed by atoms with Gasteiger partial charge >= 0.3 is 6.09 Å². The van der Waals surface area contributed by atoms with Crippen LogP contribution in [0.5, 0.6) is 11.5 Å². The third-order valence-corrected chi connectivity index (χ3v) is 4.93. The molecule has 3 rings (SSSR count). The minimum Gasteiger partial charge on any atom is -0.493 e. The molecule has 2 aliphatic rings. The predicted octanol–water partition coefficient (Wildman–Crippen LogP) is 4.02. The summed E-state index contributed by atoms with van der Waals surface area (Å²) in [6.07, 6.45) is 3.15. The predicted molar refractivity (Wildman–Crippen MR) is 106 cm³/mol. The van der Waals surface area contributed by atoms with Gasteiger partial charge in [0.25, 0.3) is 0 Å². The van der Waals surface area contributed by atoms with Gasteiger partial charge in [0.2, 0.25) is 0 Å². The molecule has 1 aromatic carbocycles. The van der Waals surface area contributed by atoms with Gasteiger partial charge in [0, 0.05) is 30.6 Å². The smallest absolute Gasteiger partial charge is 0.410 e. The largest absolute Gasteiger partial charge is 0.493 e. The van der Waals surface area contributed by atoms with Gasteiger partial charge in [-0.2, -0.15) is 0 Å². The van der Waals surface area contributed by atoms with E-state index in [2.05, 4.69) is 0 Å². The number of allylic oxidation sites excluding steroid dienone is 2. The molecule has 1 aliphatic carbocycles. The average Bonchev–Trinajstić information content (AvgIpc) is 2.94. The van der Waals surface area contributed by atoms with Crippen LogP contribution in [-0.4, -0.2) is 49.5 Å². The molecule has 1 amide bonds. The van der Waals surface area contributed by atoms with E-state index in [0.29, 0.717) is 37.1 Å². The Kier molecular flexibility index (Phi) is 3.83. The van der Waals surface area contributed by atoms with E-state index in [1.165, 1.54) is 12.1 Å². The number of carbonyl (C=O) groups is 2. The van der Waals surface area contributed by atoms with Gasteiger partial charge in [0.15, 0.2) is 17.3 Å². The molecule has 152 valence electrons. The van der Waals surface area contributed by atoms with Crippen molar-refractivity contribution >= 4 is 11.9 Å². The number of fused-ring (bicyclic) bond motifs is 1. The Bertz CT molecular complexity index is 985. The van der Waals surface area contributed by atoms with E-state index in [9.17, 15) is 9.59 Å². The van der Waals surface area contributed by atoms with E-state index < -0.39 is 19.7 Å². The van der Waals surface area contributed by atoms with Crippen LogP contribution in [0, 0.1) is 5.92 Å². The molecule has 0 spiro atoms. The summed E-state index contributed by atoms with van der Waals surface area (Å²) >= 11 is 0. The Morgan fingerprint density at radius 2 is 1.82 bits per heavy atom. The van der Waals surface area contributed by atoms with Crippen LogP contribution in [0.15, 0.2) is 23.8 Å². The SMILES string of the molecule is [2H]C([2H])([2H])Oc1cc2c(cc1OC([2H])([2H])[2H])C(=O)C(=CC1CCN(C(=O)OC(C)(C)C)CC1)C2. The van der Waals surface area contributed by atoms with Crippen LogP contribution in [0.2, 0.25) is 0 Å². The van der Waals surface area contributed by atoms with Crippen LogP contribution in [0.25, 0.3) is 0 Å². The lowest BCUT2D eigenvalue weighted by molar-refractivity contribution is 0.0197. The minimum absolute atomic E-state index is 0.0862. The maximum absolute atomic E-state index is 13.0. The number of Topliss-reactive ketones (excluding diaryl/α,β-unsaturated/α-hetero) is 1. The number of ether oxygens (including phenoxy) is 3. The molecule has 6 nitrogen and oxygen atoms in total. The number of amides is 1. The number of ketones is 1. The summed E-state index contributed by atoms with van der Waals surface area (Å²) in [5, 5.41) is 0. The molecular formula is C22H29NO5. The van der Waals surface area contributed by atoms with Crippen molar-refractivity contribution in [1.82, 2.24) is 4.90 Å². The van der Waals surface area contributed by atoms with Crippen LogP contribution in [0.3, 0.4) is 0 Å². The van der Waals surface area contributed by atoms with E-state index in [1.807, 2.05) is 26.8 Å². The summed E-state index contributed by atoms with van der Waals surface area (Å²) in [5.74, 6) is -0.756. The topological polar surface area (TPSA) is 65.1 Å². The van der Waals surface area contributed by atoms with Gasteiger partial charge in [-0.1, -0.05) is 6.08 Å². The fraction of sp³-hybridized carbons (Fsp3) is 0.545. The maximum atomic E-state index is 13.0. The number of hydrogen-bond donors (Lipinski definition) is 0. The van der Waals surface area contributed by atoms with E-state index >= 15 is 0 Å². The van der Waals surface area contributed by atoms with Crippen molar-refractivity contribution in [2.45, 2.75) is 45.6 Å². The molecule has 0 bridgehead atoms. The number of hydrogen-bond acceptors (Lipinski definition) is 5. The van der Waals surface area contributed by atoms with E-state index in [0.717, 1.165) is 0 Å². The van der Waals surface area contributed by atoms with Crippen LogP contribution in [0.1, 0.15) is 57.8 Å². The highest BCUT2D eigenvalue weighted by Gasteiger charge is 2.30. The highest BCUT2D eigenvalue weighted by atomic mass is 16.6. The Balaban J connectivity index is 1.75. The van der Waals surface area contributed by atoms with Crippen molar-refractivity contribution < 1.29 is 32.0 Å². The highest BCUT2D eigenvalue weighted by molar-refractivity contribution is 6.13. The molecule has 0 saturated carbocycles. The fourth-order valence-corrected chi connectivity index (χ4v) is 3.57. The Labute approximate surface area is 174 Å². The summed E-state index contributed by atoms with van der Waals surface area (Å²) < 4.78 is 59.3. The molecule has 0 radical (unpaired) electrons. The first-order valence-electron chi connectivity index (χ1n) is 12.3. The molecule has 0 aromatic heterocycles. The van der Waals surface area contributed by atoms with E-state index in [-0.39, 0.29) is 41.3 Å². The van der Waals surface area contributed by atoms with Crippen molar-refractivity contribution in [3.8, 4) is 11.5 Å². The number of benzene rings is 1. The zero-order valence-electron chi connectivity index (χ0n) is 22.3. The second-order valence-electron chi connectivity index (χ2n) is 8.16. The second kappa shape index (κ2) is 7.86. The zero-order valence-corrected chi connectivity index (χ0v) is 16.3. The maximum Gasteiger partial charge on any atom is 0.410 e. The molecule has 28 heavy (non-hydrogen) atoms. The van der Waals surface area contributed by atoms with E-state index in [4.69, 9.17) is 22.4 Å². The number of nitrogens with zero attached hydrogens (tertiary/aromatic N) is 1. The molecule has 0 atom stereocenters. The van der Waals surface area contributed by atoms with Gasteiger partial charge in [0.1, 0.15) is 5.60 Å². The Hall–Kier alpha value is -2.50. The average molecular weight is 394 g/mol. The first-order chi connectivity index (χ1) is 15.5.